The lowest BCUT2D eigenvalue weighted by atomic mass is 9.84. The molecule has 2 aliphatic carbocycles. The Morgan fingerprint density at radius 1 is 1.03 bits per heavy atom. The SMILES string of the molecule is CC(C)(C)C(CC(=O)NC1(C(=O)O)CC1)NC(=O)OCC1c2ccccc2-c2ccccc21. The van der Waals surface area contributed by atoms with Gasteiger partial charge in [0, 0.05) is 18.4 Å². The second-order valence-corrected chi connectivity index (χ2v) is 10.0. The molecule has 33 heavy (non-hydrogen) atoms. The van der Waals surface area contributed by atoms with Gasteiger partial charge in [0.1, 0.15) is 12.1 Å². The number of benzene rings is 2. The fourth-order valence-electron chi connectivity index (χ4n) is 4.38. The molecular weight excluding hydrogens is 420 g/mol. The highest BCUT2D eigenvalue weighted by atomic mass is 16.5. The van der Waals surface area contributed by atoms with Gasteiger partial charge in [-0.1, -0.05) is 69.3 Å². The van der Waals surface area contributed by atoms with Crippen molar-refractivity contribution in [3.05, 3.63) is 59.7 Å². The lowest BCUT2D eigenvalue weighted by molar-refractivity contribution is -0.143. The van der Waals surface area contributed by atoms with Crippen LogP contribution in [-0.2, 0) is 14.3 Å². The van der Waals surface area contributed by atoms with E-state index in [-0.39, 0.29) is 18.9 Å². The van der Waals surface area contributed by atoms with E-state index in [1.165, 1.54) is 0 Å². The molecule has 4 rings (SSSR count). The fourth-order valence-corrected chi connectivity index (χ4v) is 4.38. The van der Waals surface area contributed by atoms with Gasteiger partial charge in [-0.25, -0.2) is 9.59 Å². The molecule has 1 unspecified atom stereocenters. The monoisotopic (exact) mass is 450 g/mol. The summed E-state index contributed by atoms with van der Waals surface area (Å²) in [7, 11) is 0. The summed E-state index contributed by atoms with van der Waals surface area (Å²) in [6.45, 7) is 5.93. The normalized spacial score (nSPS) is 16.8. The minimum absolute atomic E-state index is 0.0251. The average Bonchev–Trinajstić information content (AvgIpc) is 3.47. The van der Waals surface area contributed by atoms with E-state index in [0.717, 1.165) is 22.3 Å². The highest BCUT2D eigenvalue weighted by Gasteiger charge is 2.51. The molecule has 1 fully saturated rings. The molecule has 0 radical (unpaired) electrons. The summed E-state index contributed by atoms with van der Waals surface area (Å²) in [5.74, 6) is -1.47. The Morgan fingerprint density at radius 3 is 2.06 bits per heavy atom. The molecule has 3 N–H and O–H groups in total. The van der Waals surface area contributed by atoms with Crippen molar-refractivity contribution in [1.29, 1.82) is 0 Å². The Morgan fingerprint density at radius 2 is 1.58 bits per heavy atom. The van der Waals surface area contributed by atoms with Crippen LogP contribution in [0.3, 0.4) is 0 Å². The van der Waals surface area contributed by atoms with Crippen molar-refractivity contribution in [2.75, 3.05) is 6.61 Å². The predicted octanol–water partition coefficient (Wildman–Crippen LogP) is 4.06. The molecule has 174 valence electrons. The van der Waals surface area contributed by atoms with Gasteiger partial charge in [0.15, 0.2) is 0 Å². The van der Waals surface area contributed by atoms with Gasteiger partial charge in [-0.05, 0) is 40.5 Å². The number of ether oxygens (including phenoxy) is 1. The summed E-state index contributed by atoms with van der Waals surface area (Å²) in [5.41, 5.74) is 2.98. The zero-order valence-corrected chi connectivity index (χ0v) is 19.2. The van der Waals surface area contributed by atoms with Gasteiger partial charge in [-0.3, -0.25) is 4.79 Å². The number of fused-ring (bicyclic) bond motifs is 3. The largest absolute Gasteiger partial charge is 0.480 e. The van der Waals surface area contributed by atoms with Gasteiger partial charge in [-0.2, -0.15) is 0 Å². The summed E-state index contributed by atoms with van der Waals surface area (Å²) in [4.78, 5) is 36.6. The van der Waals surface area contributed by atoms with Crippen molar-refractivity contribution < 1.29 is 24.2 Å². The van der Waals surface area contributed by atoms with Gasteiger partial charge in [0.05, 0.1) is 0 Å². The van der Waals surface area contributed by atoms with Gasteiger partial charge >= 0.3 is 12.1 Å². The second-order valence-electron chi connectivity index (χ2n) is 10.0. The molecule has 0 heterocycles. The summed E-state index contributed by atoms with van der Waals surface area (Å²) in [6, 6.07) is 15.7. The van der Waals surface area contributed by atoms with Gasteiger partial charge in [0.2, 0.25) is 5.91 Å². The van der Waals surface area contributed by atoms with Crippen molar-refractivity contribution in [3.63, 3.8) is 0 Å². The minimum atomic E-state index is -1.15. The molecule has 0 bridgehead atoms. The number of nitrogens with one attached hydrogen (secondary N) is 2. The number of alkyl carbamates (subject to hydrolysis) is 1. The standard InChI is InChI=1S/C26H30N2O5/c1-25(2,3)21(14-22(29)28-26(12-13-26)23(30)31)27-24(32)33-15-20-18-10-6-4-8-16(18)17-9-5-7-11-19(17)20/h4-11,20-21H,12-15H2,1-3H3,(H,27,32)(H,28,29)(H,30,31). The molecule has 0 spiro atoms. The Labute approximate surface area is 193 Å². The molecule has 2 aromatic carbocycles. The lowest BCUT2D eigenvalue weighted by Gasteiger charge is -2.31. The first-order valence-electron chi connectivity index (χ1n) is 11.3. The van der Waals surface area contributed by atoms with Crippen molar-refractivity contribution >= 4 is 18.0 Å². The van der Waals surface area contributed by atoms with Gasteiger partial charge in [0.25, 0.3) is 0 Å². The Bertz CT molecular complexity index is 1040. The molecular formula is C26H30N2O5. The third kappa shape index (κ3) is 4.72. The first kappa shape index (κ1) is 22.8. The lowest BCUT2D eigenvalue weighted by Crippen LogP contribution is -2.50. The second kappa shape index (κ2) is 8.54. The van der Waals surface area contributed by atoms with E-state index < -0.39 is 35.0 Å². The number of hydrogen-bond donors (Lipinski definition) is 3. The van der Waals surface area contributed by atoms with Crippen LogP contribution in [-0.4, -0.2) is 41.3 Å². The molecule has 7 heteroatoms. The molecule has 2 amide bonds. The van der Waals surface area contributed by atoms with Crippen LogP contribution in [0.25, 0.3) is 11.1 Å². The highest BCUT2D eigenvalue weighted by Crippen LogP contribution is 2.44. The van der Waals surface area contributed by atoms with Crippen LogP contribution in [0.4, 0.5) is 4.79 Å². The topological polar surface area (TPSA) is 105 Å². The molecule has 0 saturated heterocycles. The quantitative estimate of drug-likeness (QED) is 0.590. The van der Waals surface area contributed by atoms with Crippen LogP contribution in [0.2, 0.25) is 0 Å². The molecule has 2 aromatic rings. The van der Waals surface area contributed by atoms with Crippen LogP contribution in [0.15, 0.2) is 48.5 Å². The smallest absolute Gasteiger partial charge is 0.407 e. The molecule has 0 aliphatic heterocycles. The van der Waals surface area contributed by atoms with E-state index in [1.807, 2.05) is 45.0 Å². The summed E-state index contributed by atoms with van der Waals surface area (Å²) < 4.78 is 5.62. The fraction of sp³-hybridized carbons (Fsp3) is 0.423. The first-order valence-corrected chi connectivity index (χ1v) is 11.3. The van der Waals surface area contributed by atoms with E-state index in [0.29, 0.717) is 12.8 Å². The summed E-state index contributed by atoms with van der Waals surface area (Å²) in [5, 5.41) is 14.7. The zero-order chi connectivity index (χ0) is 23.8. The van der Waals surface area contributed by atoms with Crippen molar-refractivity contribution in [3.8, 4) is 11.1 Å². The maximum atomic E-state index is 12.7. The molecule has 1 saturated carbocycles. The van der Waals surface area contributed by atoms with Crippen LogP contribution >= 0.6 is 0 Å². The van der Waals surface area contributed by atoms with Crippen molar-refractivity contribution in [1.82, 2.24) is 10.6 Å². The van der Waals surface area contributed by atoms with Crippen LogP contribution in [0.1, 0.15) is 57.1 Å². The number of carbonyl (C=O) groups excluding carboxylic acids is 2. The first-order chi connectivity index (χ1) is 15.6. The zero-order valence-electron chi connectivity index (χ0n) is 19.2. The minimum Gasteiger partial charge on any atom is -0.480 e. The highest BCUT2D eigenvalue weighted by molar-refractivity contribution is 5.90. The number of hydrogen-bond acceptors (Lipinski definition) is 4. The van der Waals surface area contributed by atoms with E-state index in [1.54, 1.807) is 0 Å². The van der Waals surface area contributed by atoms with E-state index >= 15 is 0 Å². The van der Waals surface area contributed by atoms with Crippen LogP contribution < -0.4 is 10.6 Å². The van der Waals surface area contributed by atoms with Crippen LogP contribution in [0.5, 0.6) is 0 Å². The Balaban J connectivity index is 1.39. The third-order valence-electron chi connectivity index (χ3n) is 6.61. The summed E-state index contributed by atoms with van der Waals surface area (Å²) in [6.07, 6.45) is 0.231. The molecule has 2 aliphatic rings. The van der Waals surface area contributed by atoms with E-state index in [9.17, 15) is 19.5 Å². The number of amides is 2. The Kier molecular flexibility index (Phi) is 5.91. The average molecular weight is 451 g/mol. The van der Waals surface area contributed by atoms with Gasteiger partial charge < -0.3 is 20.5 Å². The molecule has 1 atom stereocenters. The number of carboxylic acid groups (broad SMARTS) is 1. The van der Waals surface area contributed by atoms with Crippen molar-refractivity contribution in [2.45, 2.75) is 57.5 Å². The van der Waals surface area contributed by atoms with Crippen LogP contribution in [0, 0.1) is 5.41 Å². The number of carbonyl (C=O) groups is 3. The predicted molar refractivity (Wildman–Crippen MR) is 124 cm³/mol. The number of aliphatic carboxylic acids is 1. The van der Waals surface area contributed by atoms with E-state index in [4.69, 9.17) is 4.74 Å². The third-order valence-corrected chi connectivity index (χ3v) is 6.61. The maximum absolute atomic E-state index is 12.7. The van der Waals surface area contributed by atoms with Crippen molar-refractivity contribution in [2.24, 2.45) is 5.41 Å². The maximum Gasteiger partial charge on any atom is 0.407 e. The Hall–Kier alpha value is -3.35. The number of rotatable bonds is 7. The molecule has 7 nitrogen and oxygen atoms in total. The van der Waals surface area contributed by atoms with Gasteiger partial charge in [-0.15, -0.1) is 0 Å². The number of carboxylic acids is 1. The van der Waals surface area contributed by atoms with E-state index in [2.05, 4.69) is 34.9 Å². The molecule has 0 aromatic heterocycles. The summed E-state index contributed by atoms with van der Waals surface area (Å²) >= 11 is 0.